The number of sulfonamides is 1. The summed E-state index contributed by atoms with van der Waals surface area (Å²) < 4.78 is 40.4. The summed E-state index contributed by atoms with van der Waals surface area (Å²) in [5.74, 6) is -1.53. The number of pyridine rings is 1. The molecule has 0 aliphatic heterocycles. The van der Waals surface area contributed by atoms with Crippen LogP contribution in [0.5, 0.6) is 0 Å². The fourth-order valence-electron chi connectivity index (χ4n) is 2.44. The minimum Gasteiger partial charge on any atom is -0.321 e. The van der Waals surface area contributed by atoms with E-state index in [1.165, 1.54) is 18.3 Å². The van der Waals surface area contributed by atoms with Crippen molar-refractivity contribution >= 4 is 32.5 Å². The molecule has 2 N–H and O–H groups in total. The highest BCUT2D eigenvalue weighted by Crippen LogP contribution is 2.19. The molecule has 3 aromatic rings. The Morgan fingerprint density at radius 3 is 2.74 bits per heavy atom. The average Bonchev–Trinajstić information content (AvgIpc) is 2.66. The Hall–Kier alpha value is -3.10. The third-order valence-corrected chi connectivity index (χ3v) is 5.19. The second-order valence-corrected chi connectivity index (χ2v) is 7.39. The lowest BCUT2D eigenvalue weighted by Gasteiger charge is -2.09. The van der Waals surface area contributed by atoms with Crippen molar-refractivity contribution in [3.05, 3.63) is 78.8 Å². The van der Waals surface area contributed by atoms with E-state index in [1.807, 2.05) is 24.3 Å². The van der Waals surface area contributed by atoms with Crippen LogP contribution in [0.4, 0.5) is 10.1 Å². The lowest BCUT2D eigenvalue weighted by molar-refractivity contribution is 0.102. The number of nitrogens with one attached hydrogen (secondary N) is 2. The number of para-hydroxylation sites is 1. The molecule has 8 heteroatoms. The van der Waals surface area contributed by atoms with Crippen LogP contribution < -0.4 is 10.0 Å². The lowest BCUT2D eigenvalue weighted by Crippen LogP contribution is -2.25. The zero-order chi connectivity index (χ0) is 19.4. The third-order valence-electron chi connectivity index (χ3n) is 3.75. The maximum Gasteiger partial charge on any atom is 0.255 e. The van der Waals surface area contributed by atoms with Gasteiger partial charge < -0.3 is 5.32 Å². The molecule has 27 heavy (non-hydrogen) atoms. The topological polar surface area (TPSA) is 88.2 Å². The summed E-state index contributed by atoms with van der Waals surface area (Å²) in [6, 6.07) is 12.3. The van der Waals surface area contributed by atoms with E-state index in [0.717, 1.165) is 23.0 Å². The third kappa shape index (κ3) is 4.18. The molecular weight excluding hydrogens is 369 g/mol. The fourth-order valence-corrected chi connectivity index (χ4v) is 3.54. The number of rotatable bonds is 6. The van der Waals surface area contributed by atoms with E-state index in [2.05, 4.69) is 21.6 Å². The number of nitrogens with zero attached hydrogens (tertiary/aromatic N) is 1. The number of amides is 1. The average molecular weight is 385 g/mol. The zero-order valence-electron chi connectivity index (χ0n) is 14.1. The monoisotopic (exact) mass is 385 g/mol. The maximum atomic E-state index is 14.0. The maximum absolute atomic E-state index is 14.0. The molecule has 1 heterocycles. The van der Waals surface area contributed by atoms with Crippen molar-refractivity contribution in [3.8, 4) is 0 Å². The summed E-state index contributed by atoms with van der Waals surface area (Å²) in [6.07, 6.45) is 2.83. The number of carbonyl (C=O) groups is 1. The van der Waals surface area contributed by atoms with E-state index in [4.69, 9.17) is 0 Å². The van der Waals surface area contributed by atoms with E-state index in [9.17, 15) is 17.6 Å². The summed E-state index contributed by atoms with van der Waals surface area (Å²) in [5.41, 5.74) is 1.22. The zero-order valence-corrected chi connectivity index (χ0v) is 15.0. The van der Waals surface area contributed by atoms with Crippen LogP contribution in [0.25, 0.3) is 10.9 Å². The molecule has 2 aromatic carbocycles. The molecule has 0 radical (unpaired) electrons. The first-order chi connectivity index (χ1) is 12.9. The van der Waals surface area contributed by atoms with Gasteiger partial charge in [-0.2, -0.15) is 0 Å². The van der Waals surface area contributed by atoms with Crippen LogP contribution in [-0.2, 0) is 10.0 Å². The summed E-state index contributed by atoms with van der Waals surface area (Å²) in [4.78, 5) is 16.1. The molecule has 1 aromatic heterocycles. The summed E-state index contributed by atoms with van der Waals surface area (Å²) >= 11 is 0. The normalized spacial score (nSPS) is 11.3. The molecule has 0 aliphatic carbocycles. The van der Waals surface area contributed by atoms with E-state index in [1.54, 1.807) is 6.07 Å². The number of anilines is 1. The first-order valence-corrected chi connectivity index (χ1v) is 9.45. The Bertz CT molecular complexity index is 1130. The smallest absolute Gasteiger partial charge is 0.255 e. The first kappa shape index (κ1) is 18.7. The van der Waals surface area contributed by atoms with Crippen LogP contribution in [0.15, 0.2) is 72.3 Å². The predicted molar refractivity (Wildman–Crippen MR) is 101 cm³/mol. The van der Waals surface area contributed by atoms with Gasteiger partial charge in [0.15, 0.2) is 0 Å². The van der Waals surface area contributed by atoms with Gasteiger partial charge in [-0.15, -0.1) is 6.58 Å². The van der Waals surface area contributed by atoms with Gasteiger partial charge >= 0.3 is 0 Å². The van der Waals surface area contributed by atoms with Gasteiger partial charge in [-0.25, -0.2) is 17.5 Å². The molecule has 138 valence electrons. The molecule has 0 aliphatic rings. The van der Waals surface area contributed by atoms with Crippen molar-refractivity contribution in [3.63, 3.8) is 0 Å². The number of benzene rings is 2. The van der Waals surface area contributed by atoms with Gasteiger partial charge in [0.2, 0.25) is 10.0 Å². The van der Waals surface area contributed by atoms with Gasteiger partial charge in [0.05, 0.1) is 17.4 Å². The van der Waals surface area contributed by atoms with Crippen molar-refractivity contribution < 1.29 is 17.6 Å². The van der Waals surface area contributed by atoms with Crippen LogP contribution in [-0.4, -0.2) is 25.9 Å². The van der Waals surface area contributed by atoms with Crippen LogP contribution in [0, 0.1) is 5.82 Å². The van der Waals surface area contributed by atoms with Gasteiger partial charge in [0.25, 0.3) is 5.91 Å². The quantitative estimate of drug-likeness (QED) is 0.638. The van der Waals surface area contributed by atoms with Gasteiger partial charge in [0.1, 0.15) is 10.7 Å². The minimum atomic E-state index is -4.10. The van der Waals surface area contributed by atoms with E-state index in [-0.39, 0.29) is 12.1 Å². The Morgan fingerprint density at radius 1 is 1.19 bits per heavy atom. The van der Waals surface area contributed by atoms with Crippen molar-refractivity contribution in [1.29, 1.82) is 0 Å². The van der Waals surface area contributed by atoms with Gasteiger partial charge in [-0.1, -0.05) is 24.3 Å². The molecular formula is C19H16FN3O3S. The van der Waals surface area contributed by atoms with Crippen molar-refractivity contribution in [2.75, 3.05) is 11.9 Å². The van der Waals surface area contributed by atoms with Crippen LogP contribution in [0.1, 0.15) is 10.4 Å². The Balaban J connectivity index is 1.88. The van der Waals surface area contributed by atoms with E-state index < -0.39 is 26.6 Å². The molecule has 0 saturated heterocycles. The van der Waals surface area contributed by atoms with Crippen molar-refractivity contribution in [2.45, 2.75) is 4.90 Å². The Labute approximate surface area is 155 Å². The molecule has 3 rings (SSSR count). The number of carbonyl (C=O) groups excluding carboxylic acids is 1. The molecule has 0 bridgehead atoms. The fraction of sp³-hybridized carbons (Fsp3) is 0.0526. The molecule has 0 atom stereocenters. The highest BCUT2D eigenvalue weighted by Gasteiger charge is 2.20. The van der Waals surface area contributed by atoms with Gasteiger partial charge in [-0.3, -0.25) is 9.78 Å². The Kier molecular flexibility index (Phi) is 5.29. The predicted octanol–water partition coefficient (Wildman–Crippen LogP) is 3.09. The number of halogens is 1. The second kappa shape index (κ2) is 7.65. The number of hydrogen-bond acceptors (Lipinski definition) is 4. The second-order valence-electron chi connectivity index (χ2n) is 5.66. The molecule has 0 saturated carbocycles. The van der Waals surface area contributed by atoms with Crippen LogP contribution >= 0.6 is 0 Å². The molecule has 0 unspecified atom stereocenters. The summed E-state index contributed by atoms with van der Waals surface area (Å²) in [7, 11) is -4.10. The Morgan fingerprint density at radius 2 is 1.96 bits per heavy atom. The molecule has 0 spiro atoms. The summed E-state index contributed by atoms with van der Waals surface area (Å²) in [6.45, 7) is 3.35. The van der Waals surface area contributed by atoms with E-state index >= 15 is 0 Å². The first-order valence-electron chi connectivity index (χ1n) is 7.97. The summed E-state index contributed by atoms with van der Waals surface area (Å²) in [5, 5.41) is 3.48. The highest BCUT2D eigenvalue weighted by molar-refractivity contribution is 7.89. The van der Waals surface area contributed by atoms with Crippen molar-refractivity contribution in [1.82, 2.24) is 9.71 Å². The highest BCUT2D eigenvalue weighted by atomic mass is 32.2. The number of fused-ring (bicyclic) bond motifs is 1. The van der Waals surface area contributed by atoms with Crippen molar-refractivity contribution in [2.24, 2.45) is 0 Å². The molecule has 6 nitrogen and oxygen atoms in total. The van der Waals surface area contributed by atoms with Crippen LogP contribution in [0.2, 0.25) is 0 Å². The number of aromatic nitrogens is 1. The standard InChI is InChI=1S/C19H16FN3O3S/c1-2-9-22-27(25,26)18-11-14(7-8-16(18)20)19(24)23-15-10-13-5-3-4-6-17(13)21-12-15/h2-8,10-12,22H,1,9H2,(H,23,24). The van der Waals surface area contributed by atoms with E-state index in [0.29, 0.717) is 5.69 Å². The molecule has 1 amide bonds. The number of hydrogen-bond donors (Lipinski definition) is 2. The van der Waals surface area contributed by atoms with Gasteiger partial charge in [-0.05, 0) is 30.3 Å². The minimum absolute atomic E-state index is 0.00327. The largest absolute Gasteiger partial charge is 0.321 e. The van der Waals surface area contributed by atoms with Gasteiger partial charge in [0, 0.05) is 17.5 Å². The lowest BCUT2D eigenvalue weighted by atomic mass is 10.2. The van der Waals surface area contributed by atoms with Crippen LogP contribution in [0.3, 0.4) is 0 Å². The molecule has 0 fully saturated rings. The SMILES string of the molecule is C=CCNS(=O)(=O)c1cc(C(=O)Nc2cnc3ccccc3c2)ccc1F.